The average Bonchev–Trinajstić information content (AvgIpc) is 2.57. The molecule has 1 atom stereocenters. The van der Waals surface area contributed by atoms with E-state index in [1.807, 2.05) is 0 Å². The molecule has 3 rings (SSSR count). The van der Waals surface area contributed by atoms with Gasteiger partial charge in [0, 0.05) is 31.5 Å². The van der Waals surface area contributed by atoms with E-state index in [0.717, 1.165) is 25.3 Å². The quantitative estimate of drug-likeness (QED) is 0.927. The average molecular weight is 302 g/mol. The van der Waals surface area contributed by atoms with Crippen LogP contribution in [0.1, 0.15) is 55.4 Å². The molecule has 1 N–H and O–H groups in total. The Morgan fingerprint density at radius 1 is 1.18 bits per heavy atom. The van der Waals surface area contributed by atoms with Gasteiger partial charge < -0.3 is 10.2 Å². The van der Waals surface area contributed by atoms with Gasteiger partial charge in [0.15, 0.2) is 0 Å². The number of carbonyl (C=O) groups is 1. The predicted octanol–water partition coefficient (Wildman–Crippen LogP) is 2.25. The van der Waals surface area contributed by atoms with Crippen molar-refractivity contribution < 1.29 is 4.79 Å². The predicted molar refractivity (Wildman–Crippen MR) is 85.5 cm³/mol. The Kier molecular flexibility index (Phi) is 5.38. The number of piperidine rings is 1. The molecule has 2 aliphatic rings. The molecule has 5 heteroatoms. The molecule has 1 aliphatic heterocycles. The molecule has 22 heavy (non-hydrogen) atoms. The minimum absolute atomic E-state index is 0.0994. The number of likely N-dealkylation sites (tertiary alicyclic amines) is 1. The van der Waals surface area contributed by atoms with E-state index in [1.165, 1.54) is 51.4 Å². The maximum Gasteiger partial charge on any atom is 0.271 e. The largest absolute Gasteiger partial charge is 0.347 e. The van der Waals surface area contributed by atoms with Crippen molar-refractivity contribution >= 4 is 5.91 Å². The van der Waals surface area contributed by atoms with Gasteiger partial charge in [-0.2, -0.15) is 0 Å². The molecule has 1 saturated heterocycles. The Labute approximate surface area is 132 Å². The molecule has 1 aromatic rings. The molecule has 1 saturated carbocycles. The van der Waals surface area contributed by atoms with Crippen LogP contribution in [-0.2, 0) is 0 Å². The van der Waals surface area contributed by atoms with E-state index < -0.39 is 0 Å². The zero-order valence-electron chi connectivity index (χ0n) is 13.2. The number of hydrogen-bond donors (Lipinski definition) is 1. The van der Waals surface area contributed by atoms with Gasteiger partial charge >= 0.3 is 0 Å². The number of hydrogen-bond acceptors (Lipinski definition) is 4. The second-order valence-electron chi connectivity index (χ2n) is 6.67. The fraction of sp³-hybridized carbons (Fsp3) is 0.706. The van der Waals surface area contributed by atoms with E-state index in [4.69, 9.17) is 0 Å². The van der Waals surface area contributed by atoms with Gasteiger partial charge in [0.05, 0.1) is 6.20 Å². The summed E-state index contributed by atoms with van der Waals surface area (Å²) in [6.07, 6.45) is 13.9. The van der Waals surface area contributed by atoms with E-state index >= 15 is 0 Å². The van der Waals surface area contributed by atoms with Crippen LogP contribution < -0.4 is 5.32 Å². The first-order chi connectivity index (χ1) is 10.8. The van der Waals surface area contributed by atoms with Gasteiger partial charge in [-0.05, 0) is 38.1 Å². The summed E-state index contributed by atoms with van der Waals surface area (Å²) in [4.78, 5) is 22.7. The lowest BCUT2D eigenvalue weighted by molar-refractivity contribution is 0.0884. The maximum absolute atomic E-state index is 12.2. The summed E-state index contributed by atoms with van der Waals surface area (Å²) in [7, 11) is 0. The third-order valence-electron chi connectivity index (χ3n) is 4.88. The topological polar surface area (TPSA) is 58.1 Å². The number of nitrogens with one attached hydrogen (secondary N) is 1. The molecular weight excluding hydrogens is 276 g/mol. The van der Waals surface area contributed by atoms with Crippen molar-refractivity contribution in [3.8, 4) is 0 Å². The summed E-state index contributed by atoms with van der Waals surface area (Å²) >= 11 is 0. The van der Waals surface area contributed by atoms with Gasteiger partial charge in [0.1, 0.15) is 5.69 Å². The number of rotatable bonds is 4. The Balaban J connectivity index is 1.49. The highest BCUT2D eigenvalue weighted by atomic mass is 16.1. The van der Waals surface area contributed by atoms with Crippen LogP contribution >= 0.6 is 0 Å². The van der Waals surface area contributed by atoms with E-state index in [0.29, 0.717) is 5.69 Å². The molecule has 1 aromatic heterocycles. The minimum atomic E-state index is -0.0994. The Morgan fingerprint density at radius 3 is 2.82 bits per heavy atom. The summed E-state index contributed by atoms with van der Waals surface area (Å²) in [5.41, 5.74) is 0.409. The molecule has 0 bridgehead atoms. The third kappa shape index (κ3) is 4.26. The Hall–Kier alpha value is -1.49. The zero-order valence-corrected chi connectivity index (χ0v) is 13.2. The zero-order chi connectivity index (χ0) is 15.2. The van der Waals surface area contributed by atoms with Crippen molar-refractivity contribution in [3.05, 3.63) is 24.3 Å². The molecule has 2 fully saturated rings. The summed E-state index contributed by atoms with van der Waals surface area (Å²) < 4.78 is 0. The first-order valence-electron chi connectivity index (χ1n) is 8.60. The monoisotopic (exact) mass is 302 g/mol. The van der Waals surface area contributed by atoms with E-state index in [1.54, 1.807) is 12.4 Å². The minimum Gasteiger partial charge on any atom is -0.347 e. The van der Waals surface area contributed by atoms with Crippen molar-refractivity contribution in [1.82, 2.24) is 20.2 Å². The summed E-state index contributed by atoms with van der Waals surface area (Å²) in [5.74, 6) is 0.765. The van der Waals surface area contributed by atoms with E-state index in [9.17, 15) is 4.79 Å². The highest BCUT2D eigenvalue weighted by Gasteiger charge is 2.24. The second kappa shape index (κ2) is 7.68. The van der Waals surface area contributed by atoms with E-state index in [-0.39, 0.29) is 11.9 Å². The first kappa shape index (κ1) is 15.4. The molecular formula is C17H26N4O. The van der Waals surface area contributed by atoms with Crippen LogP contribution in [0.15, 0.2) is 18.6 Å². The van der Waals surface area contributed by atoms with Gasteiger partial charge in [-0.1, -0.05) is 19.3 Å². The number of aromatic nitrogens is 2. The Morgan fingerprint density at radius 2 is 2.05 bits per heavy atom. The highest BCUT2D eigenvalue weighted by Crippen LogP contribution is 2.25. The van der Waals surface area contributed by atoms with Crippen LogP contribution in [0.2, 0.25) is 0 Å². The smallest absolute Gasteiger partial charge is 0.271 e. The van der Waals surface area contributed by atoms with Crippen LogP contribution in [0.5, 0.6) is 0 Å². The third-order valence-corrected chi connectivity index (χ3v) is 4.88. The number of amides is 1. The molecule has 0 radical (unpaired) electrons. The van der Waals surface area contributed by atoms with Crippen LogP contribution in [0.3, 0.4) is 0 Å². The molecule has 1 unspecified atom stereocenters. The van der Waals surface area contributed by atoms with Crippen molar-refractivity contribution in [2.75, 3.05) is 19.6 Å². The standard InChI is InChI=1S/C17H26N4O/c22-17(16-11-18-8-9-19-16)20-15-7-4-10-21(13-15)12-14-5-2-1-3-6-14/h8-9,11,14-15H,1-7,10,12-13H2,(H,20,22). The van der Waals surface area contributed by atoms with Crippen molar-refractivity contribution in [2.24, 2.45) is 5.92 Å². The lowest BCUT2D eigenvalue weighted by atomic mass is 9.88. The fourth-order valence-electron chi connectivity index (χ4n) is 3.75. The Bertz CT molecular complexity index is 473. The SMILES string of the molecule is O=C(NC1CCCN(CC2CCCCC2)C1)c1cnccn1. The highest BCUT2D eigenvalue weighted by molar-refractivity contribution is 5.92. The van der Waals surface area contributed by atoms with Crippen molar-refractivity contribution in [1.29, 1.82) is 0 Å². The second-order valence-corrected chi connectivity index (χ2v) is 6.67. The number of nitrogens with zero attached hydrogens (tertiary/aromatic N) is 3. The van der Waals surface area contributed by atoms with E-state index in [2.05, 4.69) is 20.2 Å². The van der Waals surface area contributed by atoms with Crippen LogP contribution in [0, 0.1) is 5.92 Å². The molecule has 0 aromatic carbocycles. The lowest BCUT2D eigenvalue weighted by Crippen LogP contribution is -2.49. The molecule has 2 heterocycles. The summed E-state index contributed by atoms with van der Waals surface area (Å²) in [6, 6.07) is 0.242. The summed E-state index contributed by atoms with van der Waals surface area (Å²) in [6.45, 7) is 3.36. The lowest BCUT2D eigenvalue weighted by Gasteiger charge is -2.36. The molecule has 1 aliphatic carbocycles. The van der Waals surface area contributed by atoms with Gasteiger partial charge in [-0.25, -0.2) is 4.98 Å². The van der Waals surface area contributed by atoms with Crippen LogP contribution in [0.4, 0.5) is 0 Å². The molecule has 1 amide bonds. The van der Waals surface area contributed by atoms with Gasteiger partial charge in [0.25, 0.3) is 5.91 Å². The normalized spacial score (nSPS) is 24.1. The van der Waals surface area contributed by atoms with Crippen molar-refractivity contribution in [2.45, 2.75) is 51.0 Å². The van der Waals surface area contributed by atoms with Crippen LogP contribution in [0.25, 0.3) is 0 Å². The number of carbonyl (C=O) groups excluding carboxylic acids is 1. The summed E-state index contributed by atoms with van der Waals surface area (Å²) in [5, 5.41) is 3.12. The van der Waals surface area contributed by atoms with Gasteiger partial charge in [-0.3, -0.25) is 9.78 Å². The molecule has 0 spiro atoms. The van der Waals surface area contributed by atoms with Crippen LogP contribution in [-0.4, -0.2) is 46.5 Å². The fourth-order valence-corrected chi connectivity index (χ4v) is 3.75. The van der Waals surface area contributed by atoms with Gasteiger partial charge in [-0.15, -0.1) is 0 Å². The molecule has 120 valence electrons. The maximum atomic E-state index is 12.2. The first-order valence-corrected chi connectivity index (χ1v) is 8.60. The van der Waals surface area contributed by atoms with Crippen molar-refractivity contribution in [3.63, 3.8) is 0 Å². The molecule has 5 nitrogen and oxygen atoms in total. The van der Waals surface area contributed by atoms with Gasteiger partial charge in [0.2, 0.25) is 0 Å².